The molecule has 1 amide bonds. The molecule has 1 unspecified atom stereocenters. The number of carbonyl (C=O) groups excluding carboxylic acids is 1. The Labute approximate surface area is 145 Å². The lowest BCUT2D eigenvalue weighted by atomic mass is 10.1. The van der Waals surface area contributed by atoms with Crippen molar-refractivity contribution in [3.05, 3.63) is 59.8 Å². The summed E-state index contributed by atoms with van der Waals surface area (Å²) in [5, 5.41) is 7.19. The third-order valence-electron chi connectivity index (χ3n) is 4.40. The summed E-state index contributed by atoms with van der Waals surface area (Å²) < 4.78 is 0. The summed E-state index contributed by atoms with van der Waals surface area (Å²) in [5.41, 5.74) is 3.16. The summed E-state index contributed by atoms with van der Waals surface area (Å²) in [7, 11) is 0. The van der Waals surface area contributed by atoms with Crippen molar-refractivity contribution in [2.24, 2.45) is 0 Å². The van der Waals surface area contributed by atoms with Crippen LogP contribution in [0, 0.1) is 6.92 Å². The van der Waals surface area contributed by atoms with Gasteiger partial charge < -0.3 is 10.6 Å². The van der Waals surface area contributed by atoms with E-state index in [-0.39, 0.29) is 11.9 Å². The number of carbonyl (C=O) groups is 1. The Kier molecular flexibility index (Phi) is 4.11. The quantitative estimate of drug-likeness (QED) is 0.770. The molecule has 3 heterocycles. The molecule has 3 aromatic rings. The lowest BCUT2D eigenvalue weighted by Gasteiger charge is -2.09. The van der Waals surface area contributed by atoms with Gasteiger partial charge in [-0.05, 0) is 44.0 Å². The van der Waals surface area contributed by atoms with Crippen LogP contribution in [0.3, 0.4) is 0 Å². The number of pyridine rings is 1. The van der Waals surface area contributed by atoms with E-state index in [0.29, 0.717) is 11.3 Å². The van der Waals surface area contributed by atoms with Gasteiger partial charge in [0.05, 0.1) is 29.0 Å². The molecule has 1 aromatic carbocycles. The topological polar surface area (TPSA) is 79.8 Å². The van der Waals surface area contributed by atoms with Crippen LogP contribution in [0.1, 0.15) is 40.6 Å². The lowest BCUT2D eigenvalue weighted by Crippen LogP contribution is -2.17. The van der Waals surface area contributed by atoms with Crippen molar-refractivity contribution in [3.8, 4) is 0 Å². The molecule has 6 nitrogen and oxygen atoms in total. The summed E-state index contributed by atoms with van der Waals surface area (Å²) in [4.78, 5) is 25.5. The van der Waals surface area contributed by atoms with E-state index in [1.54, 1.807) is 18.6 Å². The fourth-order valence-corrected chi connectivity index (χ4v) is 3.04. The number of nitrogens with zero attached hydrogens (tertiary/aromatic N) is 3. The molecule has 0 saturated carbocycles. The first kappa shape index (κ1) is 15.7. The number of benzene rings is 1. The number of hydrogen-bond donors (Lipinski definition) is 2. The van der Waals surface area contributed by atoms with E-state index in [9.17, 15) is 4.79 Å². The first-order chi connectivity index (χ1) is 12.2. The monoisotopic (exact) mass is 333 g/mol. The highest BCUT2D eigenvalue weighted by atomic mass is 16.1. The van der Waals surface area contributed by atoms with E-state index in [1.807, 2.05) is 31.2 Å². The number of nitrogens with one attached hydrogen (secondary N) is 2. The van der Waals surface area contributed by atoms with Crippen LogP contribution in [-0.2, 0) is 0 Å². The number of fused-ring (bicyclic) bond motifs is 1. The van der Waals surface area contributed by atoms with Crippen LogP contribution in [0.15, 0.2) is 42.9 Å². The zero-order chi connectivity index (χ0) is 17.2. The average molecular weight is 333 g/mol. The third-order valence-corrected chi connectivity index (χ3v) is 4.40. The van der Waals surface area contributed by atoms with Gasteiger partial charge in [-0.25, -0.2) is 9.97 Å². The number of amides is 1. The van der Waals surface area contributed by atoms with Crippen molar-refractivity contribution in [1.82, 2.24) is 20.3 Å². The van der Waals surface area contributed by atoms with Crippen LogP contribution < -0.4 is 10.6 Å². The molecule has 1 aliphatic rings. The third kappa shape index (κ3) is 3.34. The Balaban J connectivity index is 1.50. The van der Waals surface area contributed by atoms with Gasteiger partial charge in [0, 0.05) is 17.8 Å². The molecule has 0 radical (unpaired) electrons. The predicted octanol–water partition coefficient (Wildman–Crippen LogP) is 3.01. The van der Waals surface area contributed by atoms with Crippen molar-refractivity contribution < 1.29 is 4.79 Å². The van der Waals surface area contributed by atoms with Gasteiger partial charge in [-0.3, -0.25) is 9.78 Å². The Bertz CT molecular complexity index is 917. The van der Waals surface area contributed by atoms with E-state index >= 15 is 0 Å². The summed E-state index contributed by atoms with van der Waals surface area (Å²) in [6, 6.07) is 8.16. The second-order valence-electron chi connectivity index (χ2n) is 6.35. The Morgan fingerprint density at radius 3 is 2.76 bits per heavy atom. The molecule has 1 aliphatic heterocycles. The average Bonchev–Trinajstić information content (AvgIpc) is 3.17. The SMILES string of the molecule is Cc1ccc2cc(NC(=O)c3cnc(C4CCCN4)nc3)cnc2c1. The molecule has 0 aliphatic carbocycles. The highest BCUT2D eigenvalue weighted by Crippen LogP contribution is 2.20. The second kappa shape index (κ2) is 6.57. The molecule has 126 valence electrons. The molecule has 1 saturated heterocycles. The van der Waals surface area contributed by atoms with Crippen LogP contribution in [0.25, 0.3) is 10.9 Å². The van der Waals surface area contributed by atoms with Gasteiger partial charge in [0.15, 0.2) is 0 Å². The molecule has 0 spiro atoms. The lowest BCUT2D eigenvalue weighted by molar-refractivity contribution is 0.102. The van der Waals surface area contributed by atoms with E-state index in [1.165, 1.54) is 0 Å². The maximum absolute atomic E-state index is 12.4. The minimum Gasteiger partial charge on any atom is -0.320 e. The van der Waals surface area contributed by atoms with Crippen LogP contribution in [0.5, 0.6) is 0 Å². The van der Waals surface area contributed by atoms with Crippen LogP contribution >= 0.6 is 0 Å². The largest absolute Gasteiger partial charge is 0.320 e. The van der Waals surface area contributed by atoms with Gasteiger partial charge in [-0.2, -0.15) is 0 Å². The number of rotatable bonds is 3. The van der Waals surface area contributed by atoms with Crippen molar-refractivity contribution in [2.75, 3.05) is 11.9 Å². The standard InChI is InChI=1S/C19H19N5O/c1-12-4-5-13-8-15(11-21-17(13)7-12)24-19(25)14-9-22-18(23-10-14)16-3-2-6-20-16/h4-5,7-11,16,20H,2-3,6H2,1H3,(H,24,25). The number of aromatic nitrogens is 3. The van der Waals surface area contributed by atoms with Crippen LogP contribution in [-0.4, -0.2) is 27.4 Å². The van der Waals surface area contributed by atoms with Gasteiger partial charge in [-0.15, -0.1) is 0 Å². The van der Waals surface area contributed by atoms with E-state index in [4.69, 9.17) is 0 Å². The van der Waals surface area contributed by atoms with Crippen molar-refractivity contribution in [3.63, 3.8) is 0 Å². The van der Waals surface area contributed by atoms with Crippen LogP contribution in [0.4, 0.5) is 5.69 Å². The Hall–Kier alpha value is -2.86. The smallest absolute Gasteiger partial charge is 0.258 e. The van der Waals surface area contributed by atoms with Gasteiger partial charge in [0.1, 0.15) is 5.82 Å². The Morgan fingerprint density at radius 2 is 2.00 bits per heavy atom. The normalized spacial score (nSPS) is 16.9. The molecular formula is C19H19N5O. The fraction of sp³-hybridized carbons (Fsp3) is 0.263. The molecule has 2 N–H and O–H groups in total. The molecule has 1 fully saturated rings. The molecule has 1 atom stereocenters. The predicted molar refractivity (Wildman–Crippen MR) is 96.4 cm³/mol. The maximum atomic E-state index is 12.4. The zero-order valence-electron chi connectivity index (χ0n) is 14.0. The first-order valence-corrected chi connectivity index (χ1v) is 8.42. The van der Waals surface area contributed by atoms with E-state index in [0.717, 1.165) is 41.7 Å². The summed E-state index contributed by atoms with van der Waals surface area (Å²) in [5.74, 6) is 0.510. The molecule has 2 aromatic heterocycles. The highest BCUT2D eigenvalue weighted by molar-refractivity contribution is 6.04. The summed E-state index contributed by atoms with van der Waals surface area (Å²) in [6.07, 6.45) is 6.99. The minimum absolute atomic E-state index is 0.199. The van der Waals surface area contributed by atoms with Gasteiger partial charge in [0.25, 0.3) is 5.91 Å². The van der Waals surface area contributed by atoms with Crippen LogP contribution in [0.2, 0.25) is 0 Å². The Morgan fingerprint density at radius 1 is 1.16 bits per heavy atom. The molecule has 0 bridgehead atoms. The van der Waals surface area contributed by atoms with Crippen molar-refractivity contribution in [2.45, 2.75) is 25.8 Å². The van der Waals surface area contributed by atoms with Gasteiger partial charge in [0.2, 0.25) is 0 Å². The number of hydrogen-bond acceptors (Lipinski definition) is 5. The summed E-state index contributed by atoms with van der Waals surface area (Å²) >= 11 is 0. The first-order valence-electron chi connectivity index (χ1n) is 8.42. The van der Waals surface area contributed by atoms with E-state index in [2.05, 4.69) is 25.6 Å². The fourth-order valence-electron chi connectivity index (χ4n) is 3.04. The van der Waals surface area contributed by atoms with Gasteiger partial charge >= 0.3 is 0 Å². The highest BCUT2D eigenvalue weighted by Gasteiger charge is 2.19. The molecule has 4 rings (SSSR count). The second-order valence-corrected chi connectivity index (χ2v) is 6.35. The van der Waals surface area contributed by atoms with Gasteiger partial charge in [-0.1, -0.05) is 12.1 Å². The van der Waals surface area contributed by atoms with E-state index < -0.39 is 0 Å². The maximum Gasteiger partial charge on any atom is 0.258 e. The number of aryl methyl sites for hydroxylation is 1. The summed E-state index contributed by atoms with van der Waals surface area (Å²) in [6.45, 7) is 3.02. The molecule has 6 heteroatoms. The molecular weight excluding hydrogens is 314 g/mol. The van der Waals surface area contributed by atoms with Crippen molar-refractivity contribution in [1.29, 1.82) is 0 Å². The number of anilines is 1. The zero-order valence-corrected chi connectivity index (χ0v) is 14.0. The molecule has 25 heavy (non-hydrogen) atoms. The van der Waals surface area contributed by atoms with Crippen molar-refractivity contribution >= 4 is 22.5 Å². The minimum atomic E-state index is -0.237.